The highest BCUT2D eigenvalue weighted by Gasteiger charge is 2.20. The molecule has 0 saturated carbocycles. The van der Waals surface area contributed by atoms with Gasteiger partial charge in [0.15, 0.2) is 0 Å². The van der Waals surface area contributed by atoms with Crippen molar-refractivity contribution in [3.63, 3.8) is 0 Å². The normalized spacial score (nSPS) is 25.6. The minimum atomic E-state index is -0.655. The third-order valence-electron chi connectivity index (χ3n) is 2.51. The second-order valence-electron chi connectivity index (χ2n) is 3.50. The van der Waals surface area contributed by atoms with Crippen LogP contribution in [0.2, 0.25) is 0 Å². The van der Waals surface area contributed by atoms with Gasteiger partial charge in [-0.2, -0.15) is 0 Å². The van der Waals surface area contributed by atoms with Crippen molar-refractivity contribution in [1.82, 2.24) is 4.90 Å². The first-order valence-electron chi connectivity index (χ1n) is 4.66. The average molecular weight is 171 g/mol. The van der Waals surface area contributed by atoms with Crippen molar-refractivity contribution in [2.75, 3.05) is 19.6 Å². The van der Waals surface area contributed by atoms with Gasteiger partial charge in [-0.15, -0.1) is 0 Å². The number of likely N-dealkylation sites (tertiary alicyclic amines) is 1. The number of carboxylic acid groups (broad SMARTS) is 1. The molecule has 70 valence electrons. The van der Waals surface area contributed by atoms with Crippen LogP contribution < -0.4 is 0 Å². The molecule has 1 atom stereocenters. The molecule has 3 nitrogen and oxygen atoms in total. The predicted octanol–water partition coefficient (Wildman–Crippen LogP) is 1.19. The summed E-state index contributed by atoms with van der Waals surface area (Å²) in [7, 11) is 0. The maximum Gasteiger partial charge on any atom is 0.303 e. The second-order valence-corrected chi connectivity index (χ2v) is 3.50. The Morgan fingerprint density at radius 3 is 3.00 bits per heavy atom. The van der Waals surface area contributed by atoms with E-state index in [-0.39, 0.29) is 0 Å². The summed E-state index contributed by atoms with van der Waals surface area (Å²) in [5.41, 5.74) is 0. The fourth-order valence-electron chi connectivity index (χ4n) is 1.85. The van der Waals surface area contributed by atoms with Crippen molar-refractivity contribution >= 4 is 5.97 Å². The molecular formula is C9H17NO2. The van der Waals surface area contributed by atoms with Crippen LogP contribution in [-0.4, -0.2) is 35.6 Å². The Kier molecular flexibility index (Phi) is 3.53. The van der Waals surface area contributed by atoms with Crippen molar-refractivity contribution in [3.8, 4) is 0 Å². The molecule has 0 aliphatic carbocycles. The van der Waals surface area contributed by atoms with Gasteiger partial charge in [-0.3, -0.25) is 4.79 Å². The number of nitrogens with zero attached hydrogens (tertiary/aromatic N) is 1. The molecule has 3 heteroatoms. The lowest BCUT2D eigenvalue weighted by molar-refractivity contribution is -0.138. The van der Waals surface area contributed by atoms with Crippen LogP contribution in [0, 0.1) is 5.92 Å². The van der Waals surface area contributed by atoms with E-state index in [1.54, 1.807) is 0 Å². The molecule has 0 bridgehead atoms. The van der Waals surface area contributed by atoms with Crippen LogP contribution in [0.1, 0.15) is 26.2 Å². The van der Waals surface area contributed by atoms with Crippen molar-refractivity contribution in [1.29, 1.82) is 0 Å². The number of rotatable bonds is 3. The molecule has 1 aliphatic heterocycles. The van der Waals surface area contributed by atoms with Crippen molar-refractivity contribution in [2.45, 2.75) is 26.2 Å². The Balaban J connectivity index is 2.30. The SMILES string of the molecule is CCN1CCC[C@@H](CC(=O)O)C1. The Labute approximate surface area is 73.4 Å². The first-order chi connectivity index (χ1) is 5.72. The van der Waals surface area contributed by atoms with Crippen LogP contribution in [0.4, 0.5) is 0 Å². The van der Waals surface area contributed by atoms with Gasteiger partial charge in [0, 0.05) is 13.0 Å². The van der Waals surface area contributed by atoms with Crippen molar-refractivity contribution in [3.05, 3.63) is 0 Å². The summed E-state index contributed by atoms with van der Waals surface area (Å²) in [6.07, 6.45) is 2.59. The van der Waals surface area contributed by atoms with E-state index in [1.165, 1.54) is 0 Å². The number of hydrogen-bond donors (Lipinski definition) is 1. The topological polar surface area (TPSA) is 40.5 Å². The second kappa shape index (κ2) is 4.45. The zero-order valence-corrected chi connectivity index (χ0v) is 7.62. The van der Waals surface area contributed by atoms with Gasteiger partial charge in [-0.1, -0.05) is 6.92 Å². The van der Waals surface area contributed by atoms with Gasteiger partial charge in [-0.05, 0) is 31.8 Å². The lowest BCUT2D eigenvalue weighted by Crippen LogP contribution is -2.35. The fourth-order valence-corrected chi connectivity index (χ4v) is 1.85. The third-order valence-corrected chi connectivity index (χ3v) is 2.51. The molecule has 0 radical (unpaired) electrons. The van der Waals surface area contributed by atoms with E-state index in [0.29, 0.717) is 12.3 Å². The van der Waals surface area contributed by atoms with Crippen LogP contribution in [0.25, 0.3) is 0 Å². The standard InChI is InChI=1S/C9H17NO2/c1-2-10-5-3-4-8(7-10)6-9(11)12/h8H,2-7H2,1H3,(H,11,12)/t8-/m0/s1. The van der Waals surface area contributed by atoms with E-state index in [0.717, 1.165) is 32.5 Å². The largest absolute Gasteiger partial charge is 0.481 e. The summed E-state index contributed by atoms with van der Waals surface area (Å²) >= 11 is 0. The van der Waals surface area contributed by atoms with Gasteiger partial charge in [0.25, 0.3) is 0 Å². The summed E-state index contributed by atoms with van der Waals surface area (Å²) in [5, 5.41) is 8.61. The van der Waals surface area contributed by atoms with Gasteiger partial charge in [0.1, 0.15) is 0 Å². The maximum atomic E-state index is 10.4. The van der Waals surface area contributed by atoms with Gasteiger partial charge >= 0.3 is 5.97 Å². The van der Waals surface area contributed by atoms with E-state index >= 15 is 0 Å². The van der Waals surface area contributed by atoms with Crippen molar-refractivity contribution in [2.24, 2.45) is 5.92 Å². The minimum Gasteiger partial charge on any atom is -0.481 e. The molecule has 0 amide bonds. The third kappa shape index (κ3) is 2.81. The molecule has 1 aliphatic rings. The molecule has 0 aromatic carbocycles. The number of piperidine rings is 1. The molecule has 1 saturated heterocycles. The average Bonchev–Trinajstić information content (AvgIpc) is 2.03. The Hall–Kier alpha value is -0.570. The zero-order chi connectivity index (χ0) is 8.97. The highest BCUT2D eigenvalue weighted by atomic mass is 16.4. The van der Waals surface area contributed by atoms with Crippen LogP contribution >= 0.6 is 0 Å². The first-order valence-corrected chi connectivity index (χ1v) is 4.66. The van der Waals surface area contributed by atoms with Gasteiger partial charge in [-0.25, -0.2) is 0 Å². The van der Waals surface area contributed by atoms with Crippen LogP contribution in [-0.2, 0) is 4.79 Å². The number of carbonyl (C=O) groups is 1. The Morgan fingerprint density at radius 2 is 2.42 bits per heavy atom. The zero-order valence-electron chi connectivity index (χ0n) is 7.62. The minimum absolute atomic E-state index is 0.344. The molecule has 0 unspecified atom stereocenters. The lowest BCUT2D eigenvalue weighted by atomic mass is 9.95. The van der Waals surface area contributed by atoms with Crippen LogP contribution in [0.15, 0.2) is 0 Å². The Bertz CT molecular complexity index is 159. The molecule has 12 heavy (non-hydrogen) atoms. The molecular weight excluding hydrogens is 154 g/mol. The molecule has 1 fully saturated rings. The van der Waals surface area contributed by atoms with Gasteiger partial charge < -0.3 is 10.0 Å². The van der Waals surface area contributed by atoms with Gasteiger partial charge in [0.05, 0.1) is 0 Å². The quantitative estimate of drug-likeness (QED) is 0.693. The van der Waals surface area contributed by atoms with E-state index in [2.05, 4.69) is 11.8 Å². The van der Waals surface area contributed by atoms with E-state index in [1.807, 2.05) is 0 Å². The summed E-state index contributed by atoms with van der Waals surface area (Å²) in [6.45, 7) is 5.30. The number of aliphatic carboxylic acids is 1. The highest BCUT2D eigenvalue weighted by molar-refractivity contribution is 5.67. The van der Waals surface area contributed by atoms with E-state index in [4.69, 9.17) is 5.11 Å². The molecule has 0 aromatic heterocycles. The van der Waals surface area contributed by atoms with Gasteiger partial charge in [0.2, 0.25) is 0 Å². The highest BCUT2D eigenvalue weighted by Crippen LogP contribution is 2.18. The predicted molar refractivity (Wildman–Crippen MR) is 47.1 cm³/mol. The first kappa shape index (κ1) is 9.52. The molecule has 0 spiro atoms. The van der Waals surface area contributed by atoms with E-state index in [9.17, 15) is 4.79 Å². The number of carboxylic acids is 1. The van der Waals surface area contributed by atoms with Crippen molar-refractivity contribution < 1.29 is 9.90 Å². The van der Waals surface area contributed by atoms with Crippen LogP contribution in [0.3, 0.4) is 0 Å². The fraction of sp³-hybridized carbons (Fsp3) is 0.889. The van der Waals surface area contributed by atoms with Crippen LogP contribution in [0.5, 0.6) is 0 Å². The summed E-state index contributed by atoms with van der Waals surface area (Å²) < 4.78 is 0. The number of hydrogen-bond acceptors (Lipinski definition) is 2. The summed E-state index contributed by atoms with van der Waals surface area (Å²) in [4.78, 5) is 12.8. The molecule has 0 aromatic rings. The molecule has 1 N–H and O–H groups in total. The maximum absolute atomic E-state index is 10.4. The summed E-state index contributed by atoms with van der Waals surface area (Å²) in [5.74, 6) is -0.269. The summed E-state index contributed by atoms with van der Waals surface area (Å²) in [6, 6.07) is 0. The molecule has 1 rings (SSSR count). The monoisotopic (exact) mass is 171 g/mol. The Morgan fingerprint density at radius 1 is 1.67 bits per heavy atom. The molecule has 1 heterocycles. The van der Waals surface area contributed by atoms with E-state index < -0.39 is 5.97 Å². The smallest absolute Gasteiger partial charge is 0.303 e. The lowest BCUT2D eigenvalue weighted by Gasteiger charge is -2.30.